The lowest BCUT2D eigenvalue weighted by atomic mass is 10.2. The highest BCUT2D eigenvalue weighted by Gasteiger charge is 2.28. The third-order valence-corrected chi connectivity index (χ3v) is 6.67. The third-order valence-electron chi connectivity index (χ3n) is 6.25. The van der Waals surface area contributed by atoms with Gasteiger partial charge in [0.2, 0.25) is 5.95 Å². The van der Waals surface area contributed by atoms with Crippen molar-refractivity contribution < 1.29 is 0 Å². The number of H-pyrrole nitrogens is 1. The second-order valence-electron chi connectivity index (χ2n) is 9.04. The summed E-state index contributed by atoms with van der Waals surface area (Å²) in [6, 6.07) is 2.58. The fraction of sp³-hybridized carbons (Fsp3) is 0.500. The molecule has 2 N–H and O–H groups in total. The highest BCUT2D eigenvalue weighted by Crippen LogP contribution is 2.36. The maximum atomic E-state index is 6.75. The van der Waals surface area contributed by atoms with Crippen molar-refractivity contribution >= 4 is 51.3 Å². The quantitative estimate of drug-likeness (QED) is 0.440. The summed E-state index contributed by atoms with van der Waals surface area (Å²) in [6.45, 7) is 8.00. The number of hydrogen-bond donors (Lipinski definition) is 2. The Morgan fingerprint density at radius 1 is 1.30 bits per heavy atom. The van der Waals surface area contributed by atoms with Gasteiger partial charge in [-0.05, 0) is 46.9 Å². The third kappa shape index (κ3) is 3.87. The molecule has 1 saturated heterocycles. The van der Waals surface area contributed by atoms with E-state index < -0.39 is 0 Å². The zero-order valence-corrected chi connectivity index (χ0v) is 20.3. The summed E-state index contributed by atoms with van der Waals surface area (Å²) in [6.07, 6.45) is 3.63. The van der Waals surface area contributed by atoms with E-state index in [0.717, 1.165) is 65.3 Å². The Hall–Kier alpha value is -2.98. The molecule has 4 aromatic rings. The molecule has 4 aromatic heterocycles. The van der Waals surface area contributed by atoms with E-state index in [4.69, 9.17) is 21.6 Å². The molecule has 1 aliphatic heterocycles. The fourth-order valence-corrected chi connectivity index (χ4v) is 4.71. The molecule has 0 spiro atoms. The Morgan fingerprint density at radius 3 is 2.82 bits per heavy atom. The topological polar surface area (TPSA) is 104 Å². The van der Waals surface area contributed by atoms with Crippen molar-refractivity contribution in [2.24, 2.45) is 0 Å². The molecule has 0 amide bonds. The Morgan fingerprint density at radius 2 is 2.12 bits per heavy atom. The molecule has 1 fully saturated rings. The van der Waals surface area contributed by atoms with Crippen LogP contribution < -0.4 is 10.2 Å². The Kier molecular flexibility index (Phi) is 5.57. The van der Waals surface area contributed by atoms with Crippen LogP contribution in [0, 0.1) is 0 Å². The summed E-state index contributed by atoms with van der Waals surface area (Å²) in [5.41, 5.74) is 3.93. The van der Waals surface area contributed by atoms with E-state index in [1.54, 1.807) is 6.20 Å². The van der Waals surface area contributed by atoms with Crippen molar-refractivity contribution in [2.75, 3.05) is 37.4 Å². The molecule has 0 aromatic carbocycles. The highest BCUT2D eigenvalue weighted by molar-refractivity contribution is 6.37. The summed E-state index contributed by atoms with van der Waals surface area (Å²) < 4.78 is 1.81. The van der Waals surface area contributed by atoms with Gasteiger partial charge in [0.05, 0.1) is 28.3 Å². The van der Waals surface area contributed by atoms with Crippen LogP contribution in [-0.2, 0) is 6.42 Å². The molecule has 11 heteroatoms. The first-order valence-corrected chi connectivity index (χ1v) is 11.7. The minimum atomic E-state index is 0.187. The minimum absolute atomic E-state index is 0.187. The number of nitrogens with one attached hydrogen (secondary N) is 2. The van der Waals surface area contributed by atoms with Gasteiger partial charge in [-0.3, -0.25) is 0 Å². The van der Waals surface area contributed by atoms with Gasteiger partial charge in [-0.25, -0.2) is 9.67 Å². The summed E-state index contributed by atoms with van der Waals surface area (Å²) in [4.78, 5) is 22.1. The molecule has 33 heavy (non-hydrogen) atoms. The molecule has 0 unspecified atom stereocenters. The van der Waals surface area contributed by atoms with Crippen LogP contribution in [0.5, 0.6) is 0 Å². The number of likely N-dealkylation sites (N-methyl/N-ethyl adjacent to an activating group) is 1. The predicted molar refractivity (Wildman–Crippen MR) is 132 cm³/mol. The number of rotatable bonds is 6. The van der Waals surface area contributed by atoms with Gasteiger partial charge in [0.25, 0.3) is 0 Å². The first-order valence-electron chi connectivity index (χ1n) is 11.3. The van der Waals surface area contributed by atoms with Crippen LogP contribution in [0.3, 0.4) is 0 Å². The van der Waals surface area contributed by atoms with Crippen molar-refractivity contribution in [3.8, 4) is 0 Å². The van der Waals surface area contributed by atoms with Gasteiger partial charge in [-0.2, -0.15) is 9.97 Å². The van der Waals surface area contributed by atoms with Crippen LogP contribution in [0.1, 0.15) is 38.9 Å². The zero-order valence-electron chi connectivity index (χ0n) is 19.6. The Bertz CT molecular complexity index is 1310. The highest BCUT2D eigenvalue weighted by atomic mass is 35.5. The normalized spacial score (nSPS) is 16.7. The van der Waals surface area contributed by atoms with Gasteiger partial charge in [0, 0.05) is 24.8 Å². The molecular formula is C22H29ClN10. The van der Waals surface area contributed by atoms with Gasteiger partial charge >= 0.3 is 0 Å². The number of fused-ring (bicyclic) bond motifs is 2. The van der Waals surface area contributed by atoms with E-state index in [0.29, 0.717) is 17.0 Å². The lowest BCUT2D eigenvalue weighted by Gasteiger charge is -2.22. The number of aryl methyl sites for hydroxylation is 1. The first-order chi connectivity index (χ1) is 15.9. The molecule has 0 radical (unpaired) electrons. The molecule has 1 atom stereocenters. The molecule has 174 valence electrons. The SMILES string of the molecule is CCc1[nH]c2nc(Nc3cnc4c(c3)nnn4C(C)C)nc(N3CC[C@H](N(C)C)C3)c2c1Cl. The van der Waals surface area contributed by atoms with Crippen LogP contribution in [0.15, 0.2) is 12.3 Å². The molecular weight excluding hydrogens is 440 g/mol. The number of halogens is 1. The standard InChI is InChI=1S/C22H29ClN10/c1-6-15-18(23)17-19(26-15)27-22(28-21(17)32-8-7-14(11-32)31(4)5)25-13-9-16-20(24-10-13)33(12(2)3)30-29-16/h9-10,12,14H,6-8,11H2,1-5H3,(H2,25,26,27,28)/t14-/m0/s1. The lowest BCUT2D eigenvalue weighted by Crippen LogP contribution is -2.31. The van der Waals surface area contributed by atoms with E-state index >= 15 is 0 Å². The van der Waals surface area contributed by atoms with Crippen LogP contribution >= 0.6 is 11.6 Å². The summed E-state index contributed by atoms with van der Waals surface area (Å²) in [5, 5.41) is 13.4. The van der Waals surface area contributed by atoms with Crippen molar-refractivity contribution in [3.05, 3.63) is 23.0 Å². The van der Waals surface area contributed by atoms with Crippen LogP contribution in [0.25, 0.3) is 22.2 Å². The van der Waals surface area contributed by atoms with E-state index in [2.05, 4.69) is 70.3 Å². The van der Waals surface area contributed by atoms with Crippen molar-refractivity contribution in [1.29, 1.82) is 0 Å². The maximum Gasteiger partial charge on any atom is 0.231 e. The molecule has 5 heterocycles. The fourth-order valence-electron chi connectivity index (χ4n) is 4.35. The monoisotopic (exact) mass is 468 g/mol. The van der Waals surface area contributed by atoms with Gasteiger partial charge in [-0.1, -0.05) is 23.7 Å². The number of pyridine rings is 1. The van der Waals surface area contributed by atoms with E-state index in [-0.39, 0.29) is 6.04 Å². The predicted octanol–water partition coefficient (Wildman–Crippen LogP) is 3.78. The summed E-state index contributed by atoms with van der Waals surface area (Å²) >= 11 is 6.75. The Labute approximate surface area is 197 Å². The number of aromatic nitrogens is 7. The zero-order chi connectivity index (χ0) is 23.3. The van der Waals surface area contributed by atoms with E-state index in [9.17, 15) is 0 Å². The van der Waals surface area contributed by atoms with Crippen molar-refractivity contribution in [1.82, 2.24) is 39.8 Å². The molecule has 10 nitrogen and oxygen atoms in total. The molecule has 0 aliphatic carbocycles. The van der Waals surface area contributed by atoms with E-state index in [1.807, 2.05) is 10.7 Å². The number of hydrogen-bond acceptors (Lipinski definition) is 8. The van der Waals surface area contributed by atoms with Crippen LogP contribution in [0.2, 0.25) is 5.02 Å². The smallest absolute Gasteiger partial charge is 0.231 e. The molecule has 5 rings (SSSR count). The average molecular weight is 469 g/mol. The van der Waals surface area contributed by atoms with Crippen molar-refractivity contribution in [3.63, 3.8) is 0 Å². The molecule has 1 aliphatic rings. The van der Waals surface area contributed by atoms with Crippen LogP contribution in [0.4, 0.5) is 17.5 Å². The second-order valence-corrected chi connectivity index (χ2v) is 9.42. The number of nitrogens with zero attached hydrogens (tertiary/aromatic N) is 8. The first kappa shape index (κ1) is 21.8. The van der Waals surface area contributed by atoms with Gasteiger partial charge < -0.3 is 20.1 Å². The van der Waals surface area contributed by atoms with E-state index in [1.165, 1.54) is 0 Å². The number of aromatic amines is 1. The van der Waals surface area contributed by atoms with Crippen LogP contribution in [-0.4, -0.2) is 73.1 Å². The average Bonchev–Trinajstić information content (AvgIpc) is 3.50. The number of anilines is 3. The van der Waals surface area contributed by atoms with Gasteiger partial charge in [-0.15, -0.1) is 5.10 Å². The van der Waals surface area contributed by atoms with Gasteiger partial charge in [0.15, 0.2) is 5.65 Å². The Balaban J connectivity index is 1.54. The molecule has 0 bridgehead atoms. The van der Waals surface area contributed by atoms with Gasteiger partial charge in [0.1, 0.15) is 17.0 Å². The maximum absolute atomic E-state index is 6.75. The second kappa shape index (κ2) is 8.42. The summed E-state index contributed by atoms with van der Waals surface area (Å²) in [5.74, 6) is 1.34. The van der Waals surface area contributed by atoms with Crippen molar-refractivity contribution in [2.45, 2.75) is 45.7 Å². The lowest BCUT2D eigenvalue weighted by molar-refractivity contribution is 0.315. The summed E-state index contributed by atoms with van der Waals surface area (Å²) in [7, 11) is 4.24. The largest absolute Gasteiger partial charge is 0.354 e. The minimum Gasteiger partial charge on any atom is -0.354 e. The molecule has 0 saturated carbocycles.